The van der Waals surface area contributed by atoms with Gasteiger partial charge in [0.2, 0.25) is 5.88 Å². The first kappa shape index (κ1) is 16.2. The van der Waals surface area contributed by atoms with Crippen molar-refractivity contribution < 1.29 is 9.53 Å². The van der Waals surface area contributed by atoms with Crippen LogP contribution >= 0.6 is 0 Å². The molecule has 0 aliphatic heterocycles. The van der Waals surface area contributed by atoms with Crippen molar-refractivity contribution in [1.82, 2.24) is 15.0 Å². The number of nitrogens with one attached hydrogen (secondary N) is 1. The number of allylic oxidation sites excluding steroid dienone is 2. The molecule has 2 aromatic rings. The van der Waals surface area contributed by atoms with Crippen LogP contribution in [0.2, 0.25) is 0 Å². The van der Waals surface area contributed by atoms with Gasteiger partial charge in [0, 0.05) is 12.1 Å². The highest BCUT2D eigenvalue weighted by Gasteiger charge is 2.13. The summed E-state index contributed by atoms with van der Waals surface area (Å²) >= 11 is 0. The summed E-state index contributed by atoms with van der Waals surface area (Å²) in [5, 5.41) is 0.893. The third kappa shape index (κ3) is 3.72. The third-order valence-corrected chi connectivity index (χ3v) is 3.59. The van der Waals surface area contributed by atoms with E-state index in [1.807, 2.05) is 33.0 Å². The lowest BCUT2D eigenvalue weighted by atomic mass is 10.1. The molecule has 0 bridgehead atoms. The lowest BCUT2D eigenvalue weighted by Gasteiger charge is -2.12. The van der Waals surface area contributed by atoms with Crippen LogP contribution in [0.3, 0.4) is 0 Å². The highest BCUT2D eigenvalue weighted by atomic mass is 16.5. The average Bonchev–Trinajstić information content (AvgIpc) is 2.91. The molecule has 0 aliphatic carbocycles. The summed E-state index contributed by atoms with van der Waals surface area (Å²) in [5.74, 6) is 0.748. The Morgan fingerprint density at radius 1 is 1.36 bits per heavy atom. The van der Waals surface area contributed by atoms with Gasteiger partial charge in [-0.3, -0.25) is 4.79 Å². The van der Waals surface area contributed by atoms with Crippen LogP contribution in [-0.2, 0) is 11.2 Å². The van der Waals surface area contributed by atoms with Crippen molar-refractivity contribution in [2.24, 2.45) is 5.92 Å². The first-order valence-electron chi connectivity index (χ1n) is 7.70. The summed E-state index contributed by atoms with van der Waals surface area (Å²) in [6.07, 6.45) is 8.56. The second-order valence-electron chi connectivity index (χ2n) is 5.72. The lowest BCUT2D eigenvalue weighted by molar-refractivity contribution is -0.117. The summed E-state index contributed by atoms with van der Waals surface area (Å²) in [7, 11) is 0. The number of hydrogen-bond acceptors (Lipinski definition) is 4. The fourth-order valence-electron chi connectivity index (χ4n) is 2.01. The molecule has 0 aromatic carbocycles. The molecule has 0 saturated carbocycles. The molecule has 2 rings (SSSR count). The molecule has 2 aromatic heterocycles. The molecule has 5 heteroatoms. The zero-order valence-corrected chi connectivity index (χ0v) is 13.6. The van der Waals surface area contributed by atoms with E-state index in [0.717, 1.165) is 23.0 Å². The van der Waals surface area contributed by atoms with Crippen LogP contribution in [-0.4, -0.2) is 26.8 Å². The number of nitrogens with zero attached hydrogens (tertiary/aromatic N) is 2. The van der Waals surface area contributed by atoms with E-state index in [-0.39, 0.29) is 17.8 Å². The summed E-state index contributed by atoms with van der Waals surface area (Å²) < 4.78 is 5.88. The molecule has 0 amide bonds. The van der Waals surface area contributed by atoms with Crippen molar-refractivity contribution in [1.29, 1.82) is 0 Å². The van der Waals surface area contributed by atoms with Crippen molar-refractivity contribution in [2.75, 3.05) is 0 Å². The maximum Gasteiger partial charge on any atom is 0.226 e. The van der Waals surface area contributed by atoms with Crippen LogP contribution < -0.4 is 4.74 Å². The molecule has 1 unspecified atom stereocenters. The van der Waals surface area contributed by atoms with Gasteiger partial charge in [-0.2, -0.15) is 0 Å². The molecule has 0 fully saturated rings. The van der Waals surface area contributed by atoms with Crippen LogP contribution in [0.5, 0.6) is 5.88 Å². The fraction of sp³-hybridized carbons (Fsp3) is 0.471. The molecular weight excluding hydrogens is 278 g/mol. The molecule has 5 nitrogen and oxygen atoms in total. The minimum atomic E-state index is 0.0202. The van der Waals surface area contributed by atoms with Gasteiger partial charge in [-0.25, -0.2) is 9.97 Å². The second-order valence-corrected chi connectivity index (χ2v) is 5.72. The number of fused-ring (bicyclic) bond motifs is 1. The Balaban J connectivity index is 2.25. The van der Waals surface area contributed by atoms with E-state index >= 15 is 0 Å². The predicted octanol–water partition coefficient (Wildman–Crippen LogP) is 3.46. The van der Waals surface area contributed by atoms with E-state index in [1.54, 1.807) is 6.08 Å². The van der Waals surface area contributed by atoms with Gasteiger partial charge in [-0.15, -0.1) is 0 Å². The van der Waals surface area contributed by atoms with Crippen molar-refractivity contribution in [2.45, 2.75) is 46.6 Å². The van der Waals surface area contributed by atoms with Gasteiger partial charge in [0.25, 0.3) is 0 Å². The summed E-state index contributed by atoms with van der Waals surface area (Å²) in [6.45, 7) is 7.87. The molecule has 0 radical (unpaired) electrons. The zero-order chi connectivity index (χ0) is 16.1. The largest absolute Gasteiger partial charge is 0.474 e. The SMILES string of the molecule is CCC(C)Oc1ncnc2[nH]cc(C/C=C/C(=O)C(C)C)c12. The molecule has 1 atom stereocenters. The minimum absolute atomic E-state index is 0.0202. The first-order chi connectivity index (χ1) is 10.5. The van der Waals surface area contributed by atoms with E-state index in [2.05, 4.69) is 21.9 Å². The number of carbonyl (C=O) groups is 1. The summed E-state index contributed by atoms with van der Waals surface area (Å²) in [5.41, 5.74) is 1.79. The number of aromatic nitrogens is 3. The van der Waals surface area contributed by atoms with Gasteiger partial charge in [0.1, 0.15) is 12.0 Å². The number of H-pyrrole nitrogens is 1. The Hall–Kier alpha value is -2.17. The van der Waals surface area contributed by atoms with Crippen molar-refractivity contribution in [3.63, 3.8) is 0 Å². The molecule has 22 heavy (non-hydrogen) atoms. The quantitative estimate of drug-likeness (QED) is 0.795. The monoisotopic (exact) mass is 301 g/mol. The van der Waals surface area contributed by atoms with Gasteiger partial charge < -0.3 is 9.72 Å². The van der Waals surface area contributed by atoms with Crippen LogP contribution in [0.25, 0.3) is 11.0 Å². The average molecular weight is 301 g/mol. The molecule has 2 heterocycles. The van der Waals surface area contributed by atoms with E-state index in [4.69, 9.17) is 4.74 Å². The topological polar surface area (TPSA) is 67.9 Å². The Labute approximate surface area is 130 Å². The number of ketones is 1. The number of carbonyl (C=O) groups excluding carboxylic acids is 1. The van der Waals surface area contributed by atoms with Gasteiger partial charge in [0.05, 0.1) is 11.5 Å². The van der Waals surface area contributed by atoms with E-state index in [0.29, 0.717) is 12.3 Å². The van der Waals surface area contributed by atoms with Gasteiger partial charge >= 0.3 is 0 Å². The van der Waals surface area contributed by atoms with Crippen LogP contribution in [0, 0.1) is 5.92 Å². The normalized spacial score (nSPS) is 13.1. The highest BCUT2D eigenvalue weighted by molar-refractivity contribution is 5.91. The molecule has 0 aliphatic rings. The minimum Gasteiger partial charge on any atom is -0.474 e. The Morgan fingerprint density at radius 2 is 2.14 bits per heavy atom. The standard InChI is InChI=1S/C17H23N3O2/c1-5-12(4)22-17-15-13(7-6-8-14(21)11(2)3)9-18-16(15)19-10-20-17/h6,8-12H,5,7H2,1-4H3,(H,18,19,20)/b8-6+. The van der Waals surface area contributed by atoms with Crippen molar-refractivity contribution in [3.05, 3.63) is 30.2 Å². The lowest BCUT2D eigenvalue weighted by Crippen LogP contribution is -2.11. The first-order valence-corrected chi connectivity index (χ1v) is 7.70. The third-order valence-electron chi connectivity index (χ3n) is 3.59. The molecule has 0 saturated heterocycles. The highest BCUT2D eigenvalue weighted by Crippen LogP contribution is 2.26. The maximum absolute atomic E-state index is 11.6. The second kappa shape index (κ2) is 7.20. The summed E-state index contributed by atoms with van der Waals surface area (Å²) in [6, 6.07) is 0. The molecule has 1 N–H and O–H groups in total. The van der Waals surface area contributed by atoms with Crippen LogP contribution in [0.4, 0.5) is 0 Å². The van der Waals surface area contributed by atoms with Gasteiger partial charge in [-0.05, 0) is 31.4 Å². The van der Waals surface area contributed by atoms with Crippen LogP contribution in [0.15, 0.2) is 24.7 Å². The number of rotatable bonds is 7. The Morgan fingerprint density at radius 3 is 2.82 bits per heavy atom. The van der Waals surface area contributed by atoms with E-state index in [1.165, 1.54) is 6.33 Å². The Kier molecular flexibility index (Phi) is 5.31. The Bertz CT molecular complexity index is 674. The molecule has 118 valence electrons. The zero-order valence-electron chi connectivity index (χ0n) is 13.6. The van der Waals surface area contributed by atoms with Crippen LogP contribution in [0.1, 0.15) is 39.7 Å². The van der Waals surface area contributed by atoms with Crippen molar-refractivity contribution >= 4 is 16.8 Å². The van der Waals surface area contributed by atoms with Crippen molar-refractivity contribution in [3.8, 4) is 5.88 Å². The number of hydrogen-bond donors (Lipinski definition) is 1. The molecule has 0 spiro atoms. The number of ether oxygens (including phenoxy) is 1. The summed E-state index contributed by atoms with van der Waals surface area (Å²) in [4.78, 5) is 23.3. The van der Waals surface area contributed by atoms with E-state index < -0.39 is 0 Å². The van der Waals surface area contributed by atoms with Gasteiger partial charge in [-0.1, -0.05) is 26.8 Å². The fourth-order valence-corrected chi connectivity index (χ4v) is 2.01. The molecular formula is C17H23N3O2. The smallest absolute Gasteiger partial charge is 0.226 e. The predicted molar refractivity (Wildman–Crippen MR) is 87.0 cm³/mol. The van der Waals surface area contributed by atoms with E-state index in [9.17, 15) is 4.79 Å². The maximum atomic E-state index is 11.6. The van der Waals surface area contributed by atoms with Gasteiger partial charge in [0.15, 0.2) is 5.78 Å². The number of aromatic amines is 1.